The van der Waals surface area contributed by atoms with E-state index in [-0.39, 0.29) is 5.92 Å². The lowest BCUT2D eigenvalue weighted by Crippen LogP contribution is -2.56. The minimum Gasteiger partial charge on any atom is -0.390 e. The number of carbonyl (C=O) groups is 1. The van der Waals surface area contributed by atoms with Crippen molar-refractivity contribution >= 4 is 6.29 Å². The van der Waals surface area contributed by atoms with E-state index in [0.717, 1.165) is 42.9 Å². The van der Waals surface area contributed by atoms with Crippen LogP contribution in [0.25, 0.3) is 0 Å². The van der Waals surface area contributed by atoms with Crippen molar-refractivity contribution in [3.63, 3.8) is 0 Å². The van der Waals surface area contributed by atoms with Gasteiger partial charge in [0.15, 0.2) is 0 Å². The number of hydrogen-bond acceptors (Lipinski definition) is 2. The Kier molecular flexibility index (Phi) is 4.61. The van der Waals surface area contributed by atoms with Gasteiger partial charge in [0.05, 0.1) is 5.60 Å². The maximum atomic E-state index is 11.5. The van der Waals surface area contributed by atoms with E-state index in [4.69, 9.17) is 0 Å². The molecule has 0 saturated heterocycles. The molecule has 0 aromatic carbocycles. The molecule has 0 heterocycles. The molecule has 2 nitrogen and oxygen atoms in total. The lowest BCUT2D eigenvalue weighted by Gasteiger charge is -2.62. The standard InChI is InChI=1S/C24H40O2/c1-5-24(26)13-12-22(3)17(14-24)6-7-18-20-9-8-19(16(2)15-25)23(20,4)11-10-21(18)22/h15-21,26H,5-14H2,1-4H3/t16-,17+,18+,19-,20+,21+,22+,23-,24+/m1/s1. The molecule has 1 N–H and O–H groups in total. The summed E-state index contributed by atoms with van der Waals surface area (Å²) in [6, 6.07) is 0. The lowest BCUT2D eigenvalue weighted by molar-refractivity contribution is -0.153. The highest BCUT2D eigenvalue weighted by Crippen LogP contribution is 2.68. The summed E-state index contributed by atoms with van der Waals surface area (Å²) in [6.45, 7) is 9.42. The van der Waals surface area contributed by atoms with Gasteiger partial charge in [0, 0.05) is 5.92 Å². The third kappa shape index (κ3) is 2.57. The molecule has 0 aromatic rings. The van der Waals surface area contributed by atoms with Crippen LogP contribution in [0.2, 0.25) is 0 Å². The predicted molar refractivity (Wildman–Crippen MR) is 106 cm³/mol. The smallest absolute Gasteiger partial charge is 0.123 e. The van der Waals surface area contributed by atoms with E-state index in [1.165, 1.54) is 51.2 Å². The fourth-order valence-electron chi connectivity index (χ4n) is 8.64. The molecule has 0 aliphatic heterocycles. The molecule has 4 aliphatic carbocycles. The average Bonchev–Trinajstić information content (AvgIpc) is 2.99. The van der Waals surface area contributed by atoms with E-state index in [9.17, 15) is 9.90 Å². The SMILES string of the molecule is CC[C@]1(O)CC[C@@]2(C)[C@@H](CC[C@@H]3[C@@H]2CC[C@]2(C)[C@@H]([C@H](C)C=O)CC[C@@H]32)C1. The van der Waals surface area contributed by atoms with Gasteiger partial charge in [-0.3, -0.25) is 0 Å². The Hall–Kier alpha value is -0.370. The molecule has 4 aliphatic rings. The van der Waals surface area contributed by atoms with Gasteiger partial charge in [0.2, 0.25) is 0 Å². The Balaban J connectivity index is 1.58. The van der Waals surface area contributed by atoms with E-state index in [0.29, 0.717) is 16.7 Å². The van der Waals surface area contributed by atoms with Crippen molar-refractivity contribution in [3.05, 3.63) is 0 Å². The number of hydrogen-bond donors (Lipinski definition) is 1. The molecule has 0 spiro atoms. The van der Waals surface area contributed by atoms with Crippen molar-refractivity contribution < 1.29 is 9.90 Å². The molecular formula is C24H40O2. The van der Waals surface area contributed by atoms with Gasteiger partial charge in [-0.15, -0.1) is 0 Å². The average molecular weight is 361 g/mol. The third-order valence-electron chi connectivity index (χ3n) is 10.4. The fourth-order valence-corrected chi connectivity index (χ4v) is 8.64. The van der Waals surface area contributed by atoms with Crippen LogP contribution in [0.1, 0.15) is 91.9 Å². The van der Waals surface area contributed by atoms with Crippen molar-refractivity contribution in [1.29, 1.82) is 0 Å². The van der Waals surface area contributed by atoms with E-state index < -0.39 is 5.60 Å². The molecule has 148 valence electrons. The zero-order valence-corrected chi connectivity index (χ0v) is 17.5. The summed E-state index contributed by atoms with van der Waals surface area (Å²) >= 11 is 0. The highest BCUT2D eigenvalue weighted by atomic mass is 16.3. The molecule has 4 fully saturated rings. The normalized spacial score (nSPS) is 54.7. The van der Waals surface area contributed by atoms with Crippen molar-refractivity contribution in [1.82, 2.24) is 0 Å². The third-order valence-corrected chi connectivity index (χ3v) is 10.4. The summed E-state index contributed by atoms with van der Waals surface area (Å²) in [7, 11) is 0. The van der Waals surface area contributed by atoms with E-state index in [2.05, 4.69) is 27.7 Å². The Morgan fingerprint density at radius 3 is 2.42 bits per heavy atom. The van der Waals surface area contributed by atoms with Crippen LogP contribution in [0.4, 0.5) is 0 Å². The number of aliphatic hydroxyl groups is 1. The Labute approximate surface area is 160 Å². The molecule has 0 unspecified atom stereocenters. The zero-order valence-electron chi connectivity index (χ0n) is 17.5. The van der Waals surface area contributed by atoms with Gasteiger partial charge in [-0.1, -0.05) is 27.7 Å². The lowest BCUT2D eigenvalue weighted by atomic mass is 9.43. The maximum Gasteiger partial charge on any atom is 0.123 e. The highest BCUT2D eigenvalue weighted by Gasteiger charge is 2.61. The molecule has 0 amide bonds. The van der Waals surface area contributed by atoms with Crippen molar-refractivity contribution in [2.75, 3.05) is 0 Å². The van der Waals surface area contributed by atoms with Crippen LogP contribution >= 0.6 is 0 Å². The molecule has 0 radical (unpaired) electrons. The van der Waals surface area contributed by atoms with Crippen LogP contribution in [-0.4, -0.2) is 17.0 Å². The van der Waals surface area contributed by atoms with Gasteiger partial charge in [-0.25, -0.2) is 0 Å². The van der Waals surface area contributed by atoms with Gasteiger partial charge in [-0.05, 0) is 105 Å². The maximum absolute atomic E-state index is 11.5. The van der Waals surface area contributed by atoms with Crippen LogP contribution in [0.3, 0.4) is 0 Å². The first-order chi connectivity index (χ1) is 12.3. The summed E-state index contributed by atoms with van der Waals surface area (Å²) in [5.74, 6) is 4.10. The summed E-state index contributed by atoms with van der Waals surface area (Å²) in [5.41, 5.74) is 0.446. The van der Waals surface area contributed by atoms with Gasteiger partial charge < -0.3 is 9.90 Å². The zero-order chi connectivity index (χ0) is 18.7. The molecule has 26 heavy (non-hydrogen) atoms. The Morgan fingerprint density at radius 2 is 1.73 bits per heavy atom. The summed E-state index contributed by atoms with van der Waals surface area (Å²) < 4.78 is 0. The Morgan fingerprint density at radius 1 is 1.00 bits per heavy atom. The minimum absolute atomic E-state index is 0.225. The van der Waals surface area contributed by atoms with E-state index in [1.54, 1.807) is 0 Å². The largest absolute Gasteiger partial charge is 0.390 e. The van der Waals surface area contributed by atoms with Crippen molar-refractivity contribution in [2.24, 2.45) is 46.3 Å². The van der Waals surface area contributed by atoms with Crippen LogP contribution in [-0.2, 0) is 4.79 Å². The summed E-state index contributed by atoms with van der Waals surface area (Å²) in [4.78, 5) is 11.5. The highest BCUT2D eigenvalue weighted by molar-refractivity contribution is 5.53. The minimum atomic E-state index is -0.391. The molecule has 0 aromatic heterocycles. The second-order valence-corrected chi connectivity index (χ2v) is 11.2. The number of rotatable bonds is 3. The molecule has 2 heteroatoms. The number of fused-ring (bicyclic) bond motifs is 5. The van der Waals surface area contributed by atoms with Crippen molar-refractivity contribution in [3.8, 4) is 0 Å². The summed E-state index contributed by atoms with van der Waals surface area (Å²) in [5, 5.41) is 10.9. The second-order valence-electron chi connectivity index (χ2n) is 11.2. The number of aldehydes is 1. The molecular weight excluding hydrogens is 320 g/mol. The van der Waals surface area contributed by atoms with E-state index >= 15 is 0 Å². The topological polar surface area (TPSA) is 37.3 Å². The molecule has 0 bridgehead atoms. The summed E-state index contributed by atoms with van der Waals surface area (Å²) in [6.07, 6.45) is 13.4. The Bertz CT molecular complexity index is 558. The van der Waals surface area contributed by atoms with Crippen molar-refractivity contribution in [2.45, 2.75) is 97.5 Å². The van der Waals surface area contributed by atoms with Crippen LogP contribution in [0.15, 0.2) is 0 Å². The van der Waals surface area contributed by atoms with Gasteiger partial charge in [0.25, 0.3) is 0 Å². The van der Waals surface area contributed by atoms with Crippen LogP contribution in [0, 0.1) is 46.3 Å². The number of carbonyl (C=O) groups excluding carboxylic acids is 1. The van der Waals surface area contributed by atoms with Gasteiger partial charge in [-0.2, -0.15) is 0 Å². The first-order valence-corrected chi connectivity index (χ1v) is 11.4. The molecule has 4 saturated carbocycles. The molecule has 9 atom stereocenters. The quantitative estimate of drug-likeness (QED) is 0.663. The van der Waals surface area contributed by atoms with E-state index in [1.807, 2.05) is 0 Å². The van der Waals surface area contributed by atoms with Crippen LogP contribution < -0.4 is 0 Å². The van der Waals surface area contributed by atoms with Gasteiger partial charge >= 0.3 is 0 Å². The monoisotopic (exact) mass is 360 g/mol. The van der Waals surface area contributed by atoms with Crippen LogP contribution in [0.5, 0.6) is 0 Å². The fraction of sp³-hybridized carbons (Fsp3) is 0.958. The molecule has 4 rings (SSSR count). The first kappa shape index (κ1) is 19.0. The second kappa shape index (κ2) is 6.33. The first-order valence-electron chi connectivity index (χ1n) is 11.4. The van der Waals surface area contributed by atoms with Gasteiger partial charge in [0.1, 0.15) is 6.29 Å². The predicted octanol–water partition coefficient (Wildman–Crippen LogP) is 5.62.